The minimum atomic E-state index is 0.190. The predicted molar refractivity (Wildman–Crippen MR) is 86.9 cm³/mol. The molecule has 0 spiro atoms. The molecule has 108 valence electrons. The van der Waals surface area contributed by atoms with E-state index in [4.69, 9.17) is 0 Å². The van der Waals surface area contributed by atoms with E-state index in [1.807, 2.05) is 6.20 Å². The molecule has 0 fully saturated rings. The van der Waals surface area contributed by atoms with Gasteiger partial charge in [0.2, 0.25) is 0 Å². The number of hydrogen-bond donors (Lipinski definition) is 1. The van der Waals surface area contributed by atoms with Crippen molar-refractivity contribution in [2.24, 2.45) is 0 Å². The van der Waals surface area contributed by atoms with Gasteiger partial charge >= 0.3 is 0 Å². The monoisotopic (exact) mass is 335 g/mol. The predicted octanol–water partition coefficient (Wildman–Crippen LogP) is 4.06. The van der Waals surface area contributed by atoms with Crippen LogP contribution in [0.5, 0.6) is 0 Å². The summed E-state index contributed by atoms with van der Waals surface area (Å²) in [6, 6.07) is 8.75. The van der Waals surface area contributed by atoms with Crippen molar-refractivity contribution in [3.05, 3.63) is 51.8 Å². The summed E-state index contributed by atoms with van der Waals surface area (Å²) >= 11 is 3.58. The maximum Gasteiger partial charge on any atom is 0.0751 e. The number of halogens is 1. The van der Waals surface area contributed by atoms with Gasteiger partial charge in [-0.2, -0.15) is 5.10 Å². The highest BCUT2D eigenvalue weighted by Gasteiger charge is 2.19. The lowest BCUT2D eigenvalue weighted by atomic mass is 9.98. The van der Waals surface area contributed by atoms with Gasteiger partial charge in [0.25, 0.3) is 0 Å². The Morgan fingerprint density at radius 3 is 2.80 bits per heavy atom. The molecule has 0 amide bonds. The number of aryl methyl sites for hydroxylation is 2. The molecule has 0 radical (unpaired) electrons. The smallest absolute Gasteiger partial charge is 0.0751 e. The third-order valence-electron chi connectivity index (χ3n) is 3.50. The van der Waals surface area contributed by atoms with Crippen LogP contribution in [0.4, 0.5) is 0 Å². The first-order chi connectivity index (χ1) is 9.67. The van der Waals surface area contributed by atoms with E-state index < -0.39 is 0 Å². The largest absolute Gasteiger partial charge is 0.305 e. The lowest BCUT2D eigenvalue weighted by Crippen LogP contribution is -2.26. The first kappa shape index (κ1) is 15.3. The van der Waals surface area contributed by atoms with Gasteiger partial charge in [0.1, 0.15) is 0 Å². The van der Waals surface area contributed by atoms with Gasteiger partial charge in [0, 0.05) is 17.2 Å². The van der Waals surface area contributed by atoms with Gasteiger partial charge in [-0.15, -0.1) is 0 Å². The van der Waals surface area contributed by atoms with Gasteiger partial charge < -0.3 is 5.32 Å². The standard InChI is InChI=1S/C16H22BrN3/c1-4-9-18-16(15-8-10-19-20(15)5-2)14-11-13(17)7-6-12(14)3/h6-8,10-11,16,18H,4-5,9H2,1-3H3. The van der Waals surface area contributed by atoms with Crippen molar-refractivity contribution >= 4 is 15.9 Å². The van der Waals surface area contributed by atoms with Gasteiger partial charge in [-0.05, 0) is 56.1 Å². The highest BCUT2D eigenvalue weighted by molar-refractivity contribution is 9.10. The summed E-state index contributed by atoms with van der Waals surface area (Å²) in [6.07, 6.45) is 3.00. The summed E-state index contributed by atoms with van der Waals surface area (Å²) in [5.41, 5.74) is 3.83. The zero-order chi connectivity index (χ0) is 14.5. The quantitative estimate of drug-likeness (QED) is 0.862. The molecule has 2 aromatic rings. The molecule has 0 aliphatic heterocycles. The Bertz CT molecular complexity index is 563. The van der Waals surface area contributed by atoms with E-state index in [0.717, 1.165) is 24.0 Å². The molecule has 0 bridgehead atoms. The van der Waals surface area contributed by atoms with Crippen molar-refractivity contribution in [2.45, 2.75) is 39.8 Å². The van der Waals surface area contributed by atoms with E-state index in [9.17, 15) is 0 Å². The zero-order valence-corrected chi connectivity index (χ0v) is 13.9. The van der Waals surface area contributed by atoms with Gasteiger partial charge in [-0.3, -0.25) is 4.68 Å². The zero-order valence-electron chi connectivity index (χ0n) is 12.4. The third-order valence-corrected chi connectivity index (χ3v) is 3.99. The number of nitrogens with one attached hydrogen (secondary N) is 1. The second kappa shape index (κ2) is 7.04. The molecule has 2 rings (SSSR count). The first-order valence-electron chi connectivity index (χ1n) is 7.18. The lowest BCUT2D eigenvalue weighted by molar-refractivity contribution is 0.528. The van der Waals surface area contributed by atoms with Gasteiger partial charge in [-0.25, -0.2) is 0 Å². The molecule has 1 unspecified atom stereocenters. The molecule has 0 saturated heterocycles. The average molecular weight is 336 g/mol. The number of nitrogens with zero attached hydrogens (tertiary/aromatic N) is 2. The van der Waals surface area contributed by atoms with Crippen LogP contribution >= 0.6 is 15.9 Å². The third kappa shape index (κ3) is 3.30. The van der Waals surface area contributed by atoms with Crippen LogP contribution in [0.25, 0.3) is 0 Å². The van der Waals surface area contributed by atoms with Crippen molar-refractivity contribution < 1.29 is 0 Å². The molecule has 0 aliphatic rings. The molecule has 3 nitrogen and oxygen atoms in total. The van der Waals surface area contributed by atoms with Crippen LogP contribution in [0.1, 0.15) is 43.1 Å². The molecule has 0 aliphatic carbocycles. The fourth-order valence-corrected chi connectivity index (χ4v) is 2.82. The molecular formula is C16H22BrN3. The topological polar surface area (TPSA) is 29.9 Å². The van der Waals surface area contributed by atoms with Gasteiger partial charge in [-0.1, -0.05) is 28.9 Å². The summed E-state index contributed by atoms with van der Waals surface area (Å²) in [6.45, 7) is 8.36. The maximum atomic E-state index is 4.41. The van der Waals surface area contributed by atoms with Crippen LogP contribution in [-0.4, -0.2) is 16.3 Å². The molecule has 1 atom stereocenters. The van der Waals surface area contributed by atoms with Crippen LogP contribution in [-0.2, 0) is 6.54 Å². The summed E-state index contributed by atoms with van der Waals surface area (Å²) in [4.78, 5) is 0. The Hall–Kier alpha value is -1.13. The van der Waals surface area contributed by atoms with Crippen LogP contribution in [0.3, 0.4) is 0 Å². The van der Waals surface area contributed by atoms with E-state index in [0.29, 0.717) is 0 Å². The summed E-state index contributed by atoms with van der Waals surface area (Å²) < 4.78 is 3.18. The van der Waals surface area contributed by atoms with Crippen LogP contribution in [0.2, 0.25) is 0 Å². The van der Waals surface area contributed by atoms with Crippen LogP contribution in [0.15, 0.2) is 34.9 Å². The number of hydrogen-bond acceptors (Lipinski definition) is 2. The SMILES string of the molecule is CCCNC(c1cc(Br)ccc1C)c1ccnn1CC. The van der Waals surface area contributed by atoms with Gasteiger partial charge in [0.15, 0.2) is 0 Å². The van der Waals surface area contributed by atoms with E-state index in [1.165, 1.54) is 16.8 Å². The summed E-state index contributed by atoms with van der Waals surface area (Å²) in [5.74, 6) is 0. The van der Waals surface area contributed by atoms with E-state index in [-0.39, 0.29) is 6.04 Å². The highest BCUT2D eigenvalue weighted by Crippen LogP contribution is 2.27. The normalized spacial score (nSPS) is 12.6. The van der Waals surface area contributed by atoms with E-state index >= 15 is 0 Å². The molecule has 1 aromatic heterocycles. The van der Waals surface area contributed by atoms with Crippen LogP contribution in [0, 0.1) is 6.92 Å². The minimum Gasteiger partial charge on any atom is -0.305 e. The Morgan fingerprint density at radius 1 is 1.30 bits per heavy atom. The van der Waals surface area contributed by atoms with Crippen LogP contribution < -0.4 is 5.32 Å². The Balaban J connectivity index is 2.44. The van der Waals surface area contributed by atoms with Crippen molar-refractivity contribution in [3.63, 3.8) is 0 Å². The van der Waals surface area contributed by atoms with Crippen molar-refractivity contribution in [3.8, 4) is 0 Å². The maximum absolute atomic E-state index is 4.41. The Kier molecular flexibility index (Phi) is 5.38. The average Bonchev–Trinajstić information content (AvgIpc) is 2.91. The number of benzene rings is 1. The van der Waals surface area contributed by atoms with Crippen molar-refractivity contribution in [1.29, 1.82) is 0 Å². The second-order valence-corrected chi connectivity index (χ2v) is 5.88. The molecule has 0 saturated carbocycles. The molecule has 20 heavy (non-hydrogen) atoms. The second-order valence-electron chi connectivity index (χ2n) is 4.96. The van der Waals surface area contributed by atoms with E-state index in [1.54, 1.807) is 0 Å². The number of rotatable bonds is 6. The van der Waals surface area contributed by atoms with Crippen molar-refractivity contribution in [2.75, 3.05) is 6.54 Å². The molecule has 1 aromatic carbocycles. The molecule has 4 heteroatoms. The Morgan fingerprint density at radius 2 is 2.10 bits per heavy atom. The minimum absolute atomic E-state index is 0.190. The number of aromatic nitrogens is 2. The lowest BCUT2D eigenvalue weighted by Gasteiger charge is -2.22. The molecule has 1 heterocycles. The first-order valence-corrected chi connectivity index (χ1v) is 7.97. The summed E-state index contributed by atoms with van der Waals surface area (Å²) in [5, 5.41) is 8.06. The molecule has 1 N–H and O–H groups in total. The fourth-order valence-electron chi connectivity index (χ4n) is 2.44. The van der Waals surface area contributed by atoms with Gasteiger partial charge in [0.05, 0.1) is 11.7 Å². The van der Waals surface area contributed by atoms with Crippen molar-refractivity contribution in [1.82, 2.24) is 15.1 Å². The molecular weight excluding hydrogens is 314 g/mol. The summed E-state index contributed by atoms with van der Waals surface area (Å²) in [7, 11) is 0. The fraction of sp³-hybridized carbons (Fsp3) is 0.438. The van der Waals surface area contributed by atoms with E-state index in [2.05, 4.69) is 76.1 Å². The Labute approximate surface area is 129 Å². The highest BCUT2D eigenvalue weighted by atomic mass is 79.9.